The molecule has 5 nitrogen and oxygen atoms in total. The molecule has 1 N–H and O–H groups in total. The zero-order chi connectivity index (χ0) is 18.3. The summed E-state index contributed by atoms with van der Waals surface area (Å²) in [5, 5.41) is 3.40. The summed E-state index contributed by atoms with van der Waals surface area (Å²) in [4.78, 5) is 29.5. The Morgan fingerprint density at radius 3 is 1.92 bits per heavy atom. The van der Waals surface area contributed by atoms with Crippen LogP contribution in [0.3, 0.4) is 0 Å². The molecule has 4 saturated carbocycles. The highest BCUT2D eigenvalue weighted by molar-refractivity contribution is 5.83. The van der Waals surface area contributed by atoms with Gasteiger partial charge in [0.15, 0.2) is 0 Å². The lowest BCUT2D eigenvalue weighted by Gasteiger charge is -2.56. The monoisotopic (exact) mass is 361 g/mol. The van der Waals surface area contributed by atoms with E-state index < -0.39 is 0 Å². The molecule has 1 aliphatic heterocycles. The molecule has 4 bridgehead atoms. The Kier molecular flexibility index (Phi) is 4.91. The van der Waals surface area contributed by atoms with Gasteiger partial charge < -0.3 is 15.1 Å². The van der Waals surface area contributed by atoms with Crippen molar-refractivity contribution >= 4 is 11.9 Å². The first-order valence-electron chi connectivity index (χ1n) is 10.9. The van der Waals surface area contributed by atoms with E-state index >= 15 is 0 Å². The van der Waals surface area contributed by atoms with E-state index in [4.69, 9.17) is 0 Å². The highest BCUT2D eigenvalue weighted by atomic mass is 16.2. The van der Waals surface area contributed by atoms with Crippen LogP contribution in [0.15, 0.2) is 0 Å². The Balaban J connectivity index is 1.31. The van der Waals surface area contributed by atoms with Gasteiger partial charge in [-0.15, -0.1) is 0 Å². The Morgan fingerprint density at radius 2 is 1.46 bits per heavy atom. The molecule has 146 valence electrons. The predicted octanol–water partition coefficient (Wildman–Crippen LogP) is 3.25. The number of piperidine rings is 1. The van der Waals surface area contributed by atoms with Crippen molar-refractivity contribution in [1.29, 1.82) is 0 Å². The van der Waals surface area contributed by atoms with Gasteiger partial charge in [0.05, 0.1) is 0 Å². The lowest BCUT2D eigenvalue weighted by Crippen LogP contribution is -2.57. The smallest absolute Gasteiger partial charge is 0.319 e. The van der Waals surface area contributed by atoms with Crippen LogP contribution in [-0.2, 0) is 4.79 Å². The summed E-state index contributed by atoms with van der Waals surface area (Å²) in [5.74, 6) is 2.76. The first-order chi connectivity index (χ1) is 12.5. The Morgan fingerprint density at radius 1 is 0.962 bits per heavy atom. The molecule has 1 heterocycles. The maximum atomic E-state index is 13.2. The van der Waals surface area contributed by atoms with Gasteiger partial charge in [0.25, 0.3) is 0 Å². The summed E-state index contributed by atoms with van der Waals surface area (Å²) in [5.41, 5.74) is -0.0527. The summed E-state index contributed by atoms with van der Waals surface area (Å²) in [6.45, 7) is 7.11. The molecule has 5 heteroatoms. The van der Waals surface area contributed by atoms with Crippen LogP contribution in [-0.4, -0.2) is 54.0 Å². The van der Waals surface area contributed by atoms with Gasteiger partial charge in [-0.2, -0.15) is 0 Å². The van der Waals surface area contributed by atoms with E-state index in [1.54, 1.807) is 0 Å². The molecular formula is C21H35N3O2. The van der Waals surface area contributed by atoms with E-state index in [0.717, 1.165) is 76.0 Å². The Hall–Kier alpha value is -1.26. The molecule has 4 aliphatic carbocycles. The Bertz CT molecular complexity index is 514. The number of hydrogen-bond acceptors (Lipinski definition) is 2. The minimum atomic E-state index is -0.0527. The Labute approximate surface area is 157 Å². The zero-order valence-corrected chi connectivity index (χ0v) is 16.5. The number of carbonyl (C=O) groups excluding carboxylic acids is 2. The molecule has 0 aromatic heterocycles. The van der Waals surface area contributed by atoms with Crippen molar-refractivity contribution in [3.8, 4) is 0 Å². The molecular weight excluding hydrogens is 326 g/mol. The van der Waals surface area contributed by atoms with Crippen LogP contribution in [0.2, 0.25) is 0 Å². The van der Waals surface area contributed by atoms with E-state index in [-0.39, 0.29) is 17.5 Å². The van der Waals surface area contributed by atoms with Crippen molar-refractivity contribution in [3.63, 3.8) is 0 Å². The molecule has 5 fully saturated rings. The standard InChI is InChI=1S/C21H35N3O2/c1-3-23(4-2)20(26)24-7-5-18(6-8-24)22-19(25)21-12-15-9-16(13-21)11-17(10-15)14-21/h15-18H,3-14H2,1-2H3,(H,22,25). The average Bonchev–Trinajstić information content (AvgIpc) is 2.62. The maximum Gasteiger partial charge on any atom is 0.319 e. The summed E-state index contributed by atoms with van der Waals surface area (Å²) in [6, 6.07) is 0.400. The van der Waals surface area contributed by atoms with Crippen molar-refractivity contribution in [3.05, 3.63) is 0 Å². The fraction of sp³-hybridized carbons (Fsp3) is 0.905. The summed E-state index contributed by atoms with van der Waals surface area (Å²) >= 11 is 0. The quantitative estimate of drug-likeness (QED) is 0.836. The van der Waals surface area contributed by atoms with Gasteiger partial charge in [-0.3, -0.25) is 4.79 Å². The summed E-state index contributed by atoms with van der Waals surface area (Å²) in [7, 11) is 0. The van der Waals surface area contributed by atoms with Crippen LogP contribution < -0.4 is 5.32 Å². The van der Waals surface area contributed by atoms with E-state index in [2.05, 4.69) is 5.32 Å². The number of amides is 3. The number of nitrogens with zero attached hydrogens (tertiary/aromatic N) is 2. The molecule has 0 radical (unpaired) electrons. The summed E-state index contributed by atoms with van der Waals surface area (Å²) < 4.78 is 0. The number of carbonyl (C=O) groups is 2. The number of likely N-dealkylation sites (tertiary alicyclic amines) is 1. The highest BCUT2D eigenvalue weighted by Gasteiger charge is 2.54. The second-order valence-corrected chi connectivity index (χ2v) is 9.39. The number of nitrogens with one attached hydrogen (secondary N) is 1. The van der Waals surface area contributed by atoms with E-state index in [9.17, 15) is 9.59 Å². The van der Waals surface area contributed by atoms with Crippen molar-refractivity contribution in [2.24, 2.45) is 23.2 Å². The van der Waals surface area contributed by atoms with Gasteiger partial charge in [0.2, 0.25) is 5.91 Å². The topological polar surface area (TPSA) is 52.7 Å². The molecule has 3 amide bonds. The lowest BCUT2D eigenvalue weighted by molar-refractivity contribution is -0.147. The number of urea groups is 1. The van der Waals surface area contributed by atoms with Crippen LogP contribution >= 0.6 is 0 Å². The van der Waals surface area contributed by atoms with Crippen molar-refractivity contribution in [1.82, 2.24) is 15.1 Å². The largest absolute Gasteiger partial charge is 0.353 e. The molecule has 1 saturated heterocycles. The zero-order valence-electron chi connectivity index (χ0n) is 16.5. The van der Waals surface area contributed by atoms with Crippen molar-refractivity contribution in [2.75, 3.05) is 26.2 Å². The third-order valence-electron chi connectivity index (χ3n) is 7.65. The fourth-order valence-electron chi connectivity index (χ4n) is 6.64. The van der Waals surface area contributed by atoms with Gasteiger partial charge in [-0.25, -0.2) is 4.79 Å². The molecule has 0 spiro atoms. The normalized spacial score (nSPS) is 36.2. The van der Waals surface area contributed by atoms with Crippen molar-refractivity contribution < 1.29 is 9.59 Å². The maximum absolute atomic E-state index is 13.2. The van der Waals surface area contributed by atoms with Crippen LogP contribution in [0.1, 0.15) is 65.2 Å². The molecule has 5 aliphatic rings. The first-order valence-corrected chi connectivity index (χ1v) is 10.9. The first kappa shape index (κ1) is 18.1. The predicted molar refractivity (Wildman–Crippen MR) is 102 cm³/mol. The minimum Gasteiger partial charge on any atom is -0.353 e. The van der Waals surface area contributed by atoms with Crippen LogP contribution in [0.25, 0.3) is 0 Å². The molecule has 0 aromatic rings. The van der Waals surface area contributed by atoms with Gasteiger partial charge in [-0.05, 0) is 83.0 Å². The molecule has 0 atom stereocenters. The van der Waals surface area contributed by atoms with Crippen LogP contribution in [0.4, 0.5) is 4.79 Å². The minimum absolute atomic E-state index is 0.0527. The SMILES string of the molecule is CCN(CC)C(=O)N1CCC(NC(=O)C23CC4CC(CC(C4)C2)C3)CC1. The van der Waals surface area contributed by atoms with Crippen LogP contribution in [0.5, 0.6) is 0 Å². The van der Waals surface area contributed by atoms with Crippen LogP contribution in [0, 0.1) is 23.2 Å². The second kappa shape index (κ2) is 7.05. The third-order valence-corrected chi connectivity index (χ3v) is 7.65. The van der Waals surface area contributed by atoms with Gasteiger partial charge in [0, 0.05) is 37.6 Å². The number of rotatable bonds is 4. The number of hydrogen-bond donors (Lipinski definition) is 1. The van der Waals surface area contributed by atoms with E-state index in [1.807, 2.05) is 23.6 Å². The van der Waals surface area contributed by atoms with E-state index in [1.165, 1.54) is 19.3 Å². The average molecular weight is 362 g/mol. The van der Waals surface area contributed by atoms with Crippen molar-refractivity contribution in [2.45, 2.75) is 71.3 Å². The molecule has 26 heavy (non-hydrogen) atoms. The molecule has 0 aromatic carbocycles. The highest BCUT2D eigenvalue weighted by Crippen LogP contribution is 2.60. The van der Waals surface area contributed by atoms with Gasteiger partial charge >= 0.3 is 6.03 Å². The lowest BCUT2D eigenvalue weighted by atomic mass is 9.49. The van der Waals surface area contributed by atoms with Gasteiger partial charge in [-0.1, -0.05) is 0 Å². The fourth-order valence-corrected chi connectivity index (χ4v) is 6.64. The third kappa shape index (κ3) is 3.22. The second-order valence-electron chi connectivity index (χ2n) is 9.39. The molecule has 5 rings (SSSR count). The van der Waals surface area contributed by atoms with Gasteiger partial charge in [0.1, 0.15) is 0 Å². The molecule has 0 unspecified atom stereocenters. The summed E-state index contributed by atoms with van der Waals surface area (Å²) in [6.07, 6.45) is 9.30. The van der Waals surface area contributed by atoms with E-state index in [0.29, 0.717) is 5.91 Å².